The lowest BCUT2D eigenvalue weighted by Gasteiger charge is -2.41. The molecule has 6 heteroatoms. The van der Waals surface area contributed by atoms with Gasteiger partial charge in [0, 0.05) is 38.1 Å². The van der Waals surface area contributed by atoms with Crippen LogP contribution < -0.4 is 10.6 Å². The first-order valence-electron chi connectivity index (χ1n) is 6.16. The predicted octanol–water partition coefficient (Wildman–Crippen LogP) is -0.139. The van der Waals surface area contributed by atoms with Crippen LogP contribution in [0.2, 0.25) is 0 Å². The second kappa shape index (κ2) is 5.30. The molecule has 18 heavy (non-hydrogen) atoms. The molecule has 2 heterocycles. The zero-order chi connectivity index (χ0) is 13.1. The smallest absolute Gasteiger partial charge is 0.241 e. The molecule has 0 saturated carbocycles. The number of amides is 1. The SMILES string of the molecule is CC(C)N1CCN(c2ncccn2)[C@@H](C(N)=O)C1. The largest absolute Gasteiger partial charge is 0.368 e. The molecule has 1 atom stereocenters. The van der Waals surface area contributed by atoms with Gasteiger partial charge in [0.1, 0.15) is 6.04 Å². The number of piperazine rings is 1. The Balaban J connectivity index is 2.19. The maximum atomic E-state index is 11.6. The minimum Gasteiger partial charge on any atom is -0.368 e. The highest BCUT2D eigenvalue weighted by molar-refractivity contribution is 5.83. The zero-order valence-electron chi connectivity index (χ0n) is 10.8. The molecule has 98 valence electrons. The summed E-state index contributed by atoms with van der Waals surface area (Å²) in [5.41, 5.74) is 5.49. The molecule has 1 aliphatic heterocycles. The van der Waals surface area contributed by atoms with Crippen LogP contribution in [0.1, 0.15) is 13.8 Å². The maximum Gasteiger partial charge on any atom is 0.241 e. The molecule has 1 amide bonds. The molecule has 2 rings (SSSR count). The molecule has 1 aromatic rings. The summed E-state index contributed by atoms with van der Waals surface area (Å²) in [4.78, 5) is 24.1. The number of nitrogens with two attached hydrogens (primary N) is 1. The third-order valence-electron chi connectivity index (χ3n) is 3.28. The maximum absolute atomic E-state index is 11.6. The summed E-state index contributed by atoms with van der Waals surface area (Å²) < 4.78 is 0. The Labute approximate surface area is 107 Å². The van der Waals surface area contributed by atoms with E-state index in [0.717, 1.165) is 13.1 Å². The number of carbonyl (C=O) groups is 1. The van der Waals surface area contributed by atoms with E-state index in [-0.39, 0.29) is 11.9 Å². The van der Waals surface area contributed by atoms with Gasteiger partial charge in [-0.2, -0.15) is 0 Å². The van der Waals surface area contributed by atoms with Crippen LogP contribution in [-0.4, -0.2) is 52.5 Å². The van der Waals surface area contributed by atoms with Gasteiger partial charge in [-0.05, 0) is 19.9 Å². The van der Waals surface area contributed by atoms with E-state index in [1.165, 1.54) is 0 Å². The highest BCUT2D eigenvalue weighted by Gasteiger charge is 2.33. The molecule has 0 spiro atoms. The van der Waals surface area contributed by atoms with Crippen molar-refractivity contribution in [3.63, 3.8) is 0 Å². The zero-order valence-corrected chi connectivity index (χ0v) is 10.8. The quantitative estimate of drug-likeness (QED) is 0.807. The molecule has 1 aliphatic rings. The summed E-state index contributed by atoms with van der Waals surface area (Å²) >= 11 is 0. The van der Waals surface area contributed by atoms with Gasteiger partial charge in [0.05, 0.1) is 0 Å². The van der Waals surface area contributed by atoms with Crippen LogP contribution in [0.15, 0.2) is 18.5 Å². The Bertz CT molecular complexity index is 408. The van der Waals surface area contributed by atoms with Crippen molar-refractivity contribution in [2.24, 2.45) is 5.73 Å². The Hall–Kier alpha value is -1.69. The van der Waals surface area contributed by atoms with Crippen LogP contribution in [0.5, 0.6) is 0 Å². The Morgan fingerprint density at radius 2 is 2.06 bits per heavy atom. The van der Waals surface area contributed by atoms with Crippen LogP contribution in [-0.2, 0) is 4.79 Å². The molecule has 1 saturated heterocycles. The first-order valence-corrected chi connectivity index (χ1v) is 6.16. The van der Waals surface area contributed by atoms with Gasteiger partial charge in [-0.3, -0.25) is 9.69 Å². The molecule has 0 unspecified atom stereocenters. The standard InChI is InChI=1S/C12H19N5O/c1-9(2)16-6-7-17(10(8-16)11(13)18)12-14-4-3-5-15-12/h3-5,9-10H,6-8H2,1-2H3,(H2,13,18)/t10-/m1/s1. The van der Waals surface area contributed by atoms with E-state index < -0.39 is 0 Å². The van der Waals surface area contributed by atoms with Gasteiger partial charge >= 0.3 is 0 Å². The summed E-state index contributed by atoms with van der Waals surface area (Å²) in [5.74, 6) is 0.248. The fourth-order valence-electron chi connectivity index (χ4n) is 2.20. The van der Waals surface area contributed by atoms with Crippen LogP contribution >= 0.6 is 0 Å². The van der Waals surface area contributed by atoms with Crippen molar-refractivity contribution in [3.8, 4) is 0 Å². The Kier molecular flexibility index (Phi) is 3.76. The van der Waals surface area contributed by atoms with Gasteiger partial charge in [-0.15, -0.1) is 0 Å². The summed E-state index contributed by atoms with van der Waals surface area (Å²) in [6.45, 7) is 6.47. The Morgan fingerprint density at radius 3 is 2.61 bits per heavy atom. The van der Waals surface area contributed by atoms with Crippen LogP contribution in [0.3, 0.4) is 0 Å². The number of primary amides is 1. The van der Waals surface area contributed by atoms with Crippen LogP contribution in [0, 0.1) is 0 Å². The number of hydrogen-bond donors (Lipinski definition) is 1. The van der Waals surface area contributed by atoms with Gasteiger partial charge in [-0.25, -0.2) is 9.97 Å². The molecule has 0 bridgehead atoms. The van der Waals surface area contributed by atoms with Crippen LogP contribution in [0.4, 0.5) is 5.95 Å². The van der Waals surface area contributed by atoms with Gasteiger partial charge in [-0.1, -0.05) is 0 Å². The van der Waals surface area contributed by atoms with Crippen molar-refractivity contribution in [2.75, 3.05) is 24.5 Å². The van der Waals surface area contributed by atoms with Crippen molar-refractivity contribution in [1.29, 1.82) is 0 Å². The number of nitrogens with zero attached hydrogens (tertiary/aromatic N) is 4. The van der Waals surface area contributed by atoms with E-state index in [4.69, 9.17) is 5.73 Å². The van der Waals surface area contributed by atoms with Crippen molar-refractivity contribution in [1.82, 2.24) is 14.9 Å². The van der Waals surface area contributed by atoms with E-state index in [1.807, 2.05) is 4.90 Å². The lowest BCUT2D eigenvalue weighted by Crippen LogP contribution is -2.60. The monoisotopic (exact) mass is 249 g/mol. The van der Waals surface area contributed by atoms with E-state index in [9.17, 15) is 4.79 Å². The predicted molar refractivity (Wildman–Crippen MR) is 69.1 cm³/mol. The average Bonchev–Trinajstić information content (AvgIpc) is 2.39. The highest BCUT2D eigenvalue weighted by Crippen LogP contribution is 2.17. The summed E-state index contributed by atoms with van der Waals surface area (Å²) in [6.07, 6.45) is 3.35. The minimum atomic E-state index is -0.358. The molecular weight excluding hydrogens is 230 g/mol. The lowest BCUT2D eigenvalue weighted by molar-refractivity contribution is -0.120. The first-order chi connectivity index (χ1) is 8.59. The molecule has 1 fully saturated rings. The van der Waals surface area contributed by atoms with Crippen molar-refractivity contribution in [3.05, 3.63) is 18.5 Å². The number of hydrogen-bond acceptors (Lipinski definition) is 5. The number of aromatic nitrogens is 2. The molecule has 0 aromatic carbocycles. The third kappa shape index (κ3) is 2.59. The minimum absolute atomic E-state index is 0.326. The third-order valence-corrected chi connectivity index (χ3v) is 3.28. The van der Waals surface area contributed by atoms with E-state index in [0.29, 0.717) is 18.5 Å². The van der Waals surface area contributed by atoms with E-state index in [1.54, 1.807) is 18.5 Å². The van der Waals surface area contributed by atoms with Gasteiger partial charge in [0.2, 0.25) is 11.9 Å². The molecule has 2 N–H and O–H groups in total. The Morgan fingerprint density at radius 1 is 1.39 bits per heavy atom. The second-order valence-electron chi connectivity index (χ2n) is 4.75. The van der Waals surface area contributed by atoms with Gasteiger partial charge in [0.25, 0.3) is 0 Å². The summed E-state index contributed by atoms with van der Waals surface area (Å²) in [6, 6.07) is 1.81. The van der Waals surface area contributed by atoms with Crippen molar-refractivity contribution < 1.29 is 4.79 Å². The topological polar surface area (TPSA) is 75.3 Å². The van der Waals surface area contributed by atoms with E-state index >= 15 is 0 Å². The lowest BCUT2D eigenvalue weighted by atomic mass is 10.1. The number of anilines is 1. The molecule has 0 aliphatic carbocycles. The number of rotatable bonds is 3. The summed E-state index contributed by atoms with van der Waals surface area (Å²) in [7, 11) is 0. The van der Waals surface area contributed by atoms with Gasteiger partial charge in [0.15, 0.2) is 0 Å². The van der Waals surface area contributed by atoms with Gasteiger partial charge < -0.3 is 10.6 Å². The molecule has 6 nitrogen and oxygen atoms in total. The highest BCUT2D eigenvalue weighted by atomic mass is 16.1. The van der Waals surface area contributed by atoms with Crippen molar-refractivity contribution in [2.45, 2.75) is 25.9 Å². The second-order valence-corrected chi connectivity index (χ2v) is 4.75. The van der Waals surface area contributed by atoms with Crippen LogP contribution in [0.25, 0.3) is 0 Å². The fourth-order valence-corrected chi connectivity index (χ4v) is 2.20. The van der Waals surface area contributed by atoms with E-state index in [2.05, 4.69) is 28.7 Å². The molecular formula is C12H19N5O. The average molecular weight is 249 g/mol. The first kappa shape index (κ1) is 12.8. The normalized spacial score (nSPS) is 21.3. The molecule has 0 radical (unpaired) electrons. The fraction of sp³-hybridized carbons (Fsp3) is 0.583. The summed E-state index contributed by atoms with van der Waals surface area (Å²) in [5, 5.41) is 0. The van der Waals surface area contributed by atoms with Crippen molar-refractivity contribution >= 4 is 11.9 Å². The number of carbonyl (C=O) groups excluding carboxylic acids is 1. The molecule has 1 aromatic heterocycles.